The molecule has 1 aliphatic heterocycles. The summed E-state index contributed by atoms with van der Waals surface area (Å²) in [4.78, 5) is 0. The minimum atomic E-state index is -0.302. The smallest absolute Gasteiger partial charge is 0.169 e. The maximum atomic E-state index is 10.6. The van der Waals surface area contributed by atoms with Crippen molar-refractivity contribution in [3.8, 4) is 0 Å². The van der Waals surface area contributed by atoms with E-state index in [0.717, 1.165) is 38.4 Å². The average molecular weight is 467 g/mol. The molecule has 1 spiro atoms. The zero-order chi connectivity index (χ0) is 24.1. The van der Waals surface area contributed by atoms with Crippen LogP contribution in [-0.2, 0) is 9.47 Å². The van der Waals surface area contributed by atoms with Gasteiger partial charge in [-0.25, -0.2) is 0 Å². The second-order valence-corrected chi connectivity index (χ2v) is 13.1. The summed E-state index contributed by atoms with van der Waals surface area (Å²) in [5.74, 6) is 1.84. The van der Waals surface area contributed by atoms with Crippen LogP contribution in [0.1, 0.15) is 89.7 Å². The fourth-order valence-electron chi connectivity index (χ4n) is 7.71. The molecule has 3 saturated carbocycles. The molecular weight excluding hydrogens is 420 g/mol. The normalized spacial score (nSPS) is 37.8. The highest BCUT2D eigenvalue weighted by atomic mass is 16.7. The molecule has 1 aromatic carbocycles. The summed E-state index contributed by atoms with van der Waals surface area (Å²) in [6, 6.07) is 8.48. The van der Waals surface area contributed by atoms with E-state index in [2.05, 4.69) is 58.9 Å². The first kappa shape index (κ1) is 24.5. The van der Waals surface area contributed by atoms with Gasteiger partial charge in [0.2, 0.25) is 0 Å². The Labute approximate surface area is 207 Å². The highest BCUT2D eigenvalue weighted by Crippen LogP contribution is 2.61. The Kier molecular flexibility index (Phi) is 6.53. The molecule has 4 aliphatic carbocycles. The van der Waals surface area contributed by atoms with Crippen molar-refractivity contribution in [2.75, 3.05) is 13.2 Å². The molecule has 34 heavy (non-hydrogen) atoms. The summed E-state index contributed by atoms with van der Waals surface area (Å²) in [6.07, 6.45) is 10.5. The number of ether oxygens (including phenoxy) is 2. The van der Waals surface area contributed by atoms with Gasteiger partial charge in [-0.2, -0.15) is 0 Å². The van der Waals surface area contributed by atoms with Gasteiger partial charge in [-0.15, -0.1) is 0 Å². The molecule has 0 radical (unpaired) electrons. The maximum Gasteiger partial charge on any atom is 0.169 e. The molecule has 5 aliphatic rings. The molecule has 5 unspecified atom stereocenters. The fraction of sp³-hybridized carbons (Fsp3) is 0.742. The molecule has 6 rings (SSSR count). The van der Waals surface area contributed by atoms with Crippen molar-refractivity contribution in [1.82, 2.24) is 0 Å². The lowest BCUT2D eigenvalue weighted by Crippen LogP contribution is -2.51. The minimum absolute atomic E-state index is 0.0706. The van der Waals surface area contributed by atoms with E-state index in [-0.39, 0.29) is 22.7 Å². The van der Waals surface area contributed by atoms with Crippen LogP contribution in [-0.4, -0.2) is 30.2 Å². The summed E-state index contributed by atoms with van der Waals surface area (Å²) >= 11 is 0. The van der Waals surface area contributed by atoms with E-state index in [1.807, 2.05) is 0 Å². The summed E-state index contributed by atoms with van der Waals surface area (Å²) < 4.78 is 12.7. The first-order valence-electron chi connectivity index (χ1n) is 13.8. The number of aryl methyl sites for hydroxylation is 2. The number of rotatable bonds is 0. The Balaban J connectivity index is 0.000000257. The Hall–Kier alpha value is -1.16. The van der Waals surface area contributed by atoms with E-state index in [1.165, 1.54) is 49.7 Å². The van der Waals surface area contributed by atoms with Gasteiger partial charge in [0.15, 0.2) is 5.79 Å². The highest BCUT2D eigenvalue weighted by molar-refractivity contribution is 5.30. The van der Waals surface area contributed by atoms with Crippen LogP contribution in [0.25, 0.3) is 0 Å². The molecule has 0 amide bonds. The van der Waals surface area contributed by atoms with Crippen molar-refractivity contribution < 1.29 is 14.6 Å². The van der Waals surface area contributed by atoms with Gasteiger partial charge in [0, 0.05) is 18.3 Å². The predicted octanol–water partition coefficient (Wildman–Crippen LogP) is 7.14. The number of aliphatic hydroxyl groups excluding tert-OH is 1. The third-order valence-electron chi connectivity index (χ3n) is 9.96. The molecule has 3 heteroatoms. The van der Waals surface area contributed by atoms with Crippen molar-refractivity contribution in [2.45, 2.75) is 104 Å². The zero-order valence-corrected chi connectivity index (χ0v) is 22.2. The third-order valence-corrected chi connectivity index (χ3v) is 9.96. The van der Waals surface area contributed by atoms with E-state index in [9.17, 15) is 5.11 Å². The van der Waals surface area contributed by atoms with Crippen LogP contribution in [0, 0.1) is 42.4 Å². The number of hydrogen-bond donors (Lipinski definition) is 1. The molecule has 1 heterocycles. The van der Waals surface area contributed by atoms with Gasteiger partial charge in [-0.05, 0) is 82.0 Å². The van der Waals surface area contributed by atoms with Crippen LogP contribution in [0.2, 0.25) is 0 Å². The van der Waals surface area contributed by atoms with Crippen molar-refractivity contribution in [2.24, 2.45) is 28.6 Å². The number of allylic oxidation sites excluding steroid dienone is 2. The zero-order valence-electron chi connectivity index (χ0n) is 22.2. The van der Waals surface area contributed by atoms with Gasteiger partial charge in [0.25, 0.3) is 0 Å². The number of fused-ring (bicyclic) bond motifs is 4. The first-order chi connectivity index (χ1) is 16.1. The van der Waals surface area contributed by atoms with Gasteiger partial charge in [0.1, 0.15) is 0 Å². The van der Waals surface area contributed by atoms with Crippen molar-refractivity contribution in [1.29, 1.82) is 0 Å². The van der Waals surface area contributed by atoms with E-state index < -0.39 is 0 Å². The lowest BCUT2D eigenvalue weighted by atomic mass is 9.56. The van der Waals surface area contributed by atoms with Crippen molar-refractivity contribution >= 4 is 0 Å². The molecule has 1 aromatic rings. The number of hydrogen-bond acceptors (Lipinski definition) is 3. The summed E-state index contributed by atoms with van der Waals surface area (Å²) in [7, 11) is 0. The molecule has 1 saturated heterocycles. The lowest BCUT2D eigenvalue weighted by Gasteiger charge is -2.53. The average Bonchev–Trinajstić information content (AvgIpc) is 3.13. The van der Waals surface area contributed by atoms with Crippen molar-refractivity contribution in [3.63, 3.8) is 0 Å². The van der Waals surface area contributed by atoms with Crippen LogP contribution >= 0.6 is 0 Å². The maximum absolute atomic E-state index is 10.6. The second-order valence-electron chi connectivity index (χ2n) is 13.1. The molecule has 4 fully saturated rings. The van der Waals surface area contributed by atoms with Gasteiger partial charge in [-0.3, -0.25) is 0 Å². The third kappa shape index (κ3) is 4.53. The first-order valence-corrected chi connectivity index (χ1v) is 13.8. The van der Waals surface area contributed by atoms with Gasteiger partial charge in [0.05, 0.1) is 19.3 Å². The SMILES string of the molecule is CC1(C)COC2(CCC3=C4CCC5(C)C(O)CCC5C4CCC3C2)OC1.Cc1ccc(C)cc1. The minimum Gasteiger partial charge on any atom is -0.393 e. The van der Waals surface area contributed by atoms with E-state index in [0.29, 0.717) is 11.8 Å². The Morgan fingerprint density at radius 1 is 0.794 bits per heavy atom. The van der Waals surface area contributed by atoms with Crippen LogP contribution in [0.3, 0.4) is 0 Å². The Morgan fingerprint density at radius 2 is 1.41 bits per heavy atom. The van der Waals surface area contributed by atoms with Gasteiger partial charge < -0.3 is 14.6 Å². The quantitative estimate of drug-likeness (QED) is 0.413. The molecule has 0 aromatic heterocycles. The second kappa shape index (κ2) is 9.05. The van der Waals surface area contributed by atoms with E-state index >= 15 is 0 Å². The van der Waals surface area contributed by atoms with Crippen LogP contribution in [0.15, 0.2) is 35.4 Å². The topological polar surface area (TPSA) is 38.7 Å². The van der Waals surface area contributed by atoms with Gasteiger partial charge >= 0.3 is 0 Å². The van der Waals surface area contributed by atoms with Crippen LogP contribution in [0.5, 0.6) is 0 Å². The molecule has 1 N–H and O–H groups in total. The lowest BCUT2D eigenvalue weighted by molar-refractivity contribution is -0.312. The van der Waals surface area contributed by atoms with Gasteiger partial charge in [-0.1, -0.05) is 67.3 Å². The van der Waals surface area contributed by atoms with Crippen LogP contribution < -0.4 is 0 Å². The molecule has 0 bridgehead atoms. The molecule has 3 nitrogen and oxygen atoms in total. The van der Waals surface area contributed by atoms with Crippen molar-refractivity contribution in [3.05, 3.63) is 46.5 Å². The Morgan fingerprint density at radius 3 is 2.06 bits per heavy atom. The predicted molar refractivity (Wildman–Crippen MR) is 137 cm³/mol. The van der Waals surface area contributed by atoms with E-state index in [4.69, 9.17) is 9.47 Å². The molecular formula is C31H46O3. The number of benzene rings is 1. The Bertz CT molecular complexity index is 882. The number of aliphatic hydroxyl groups is 1. The highest BCUT2D eigenvalue weighted by Gasteiger charge is 2.55. The summed E-state index contributed by atoms with van der Waals surface area (Å²) in [5, 5.41) is 10.6. The standard InChI is InChI=1S/C23H36O3.C8H10/c1-21(2)13-25-23(26-14-21)11-9-16-15(12-23)4-5-18-17(16)8-10-22(3)19(18)6-7-20(22)24;1-7-3-5-8(2)6-4-7/h15,18-20,24H,4-14H2,1-3H3;3-6H,1-2H3. The monoisotopic (exact) mass is 466 g/mol. The molecule has 188 valence electrons. The fourth-order valence-corrected chi connectivity index (χ4v) is 7.71. The van der Waals surface area contributed by atoms with E-state index in [1.54, 1.807) is 11.1 Å². The summed E-state index contributed by atoms with van der Waals surface area (Å²) in [5.41, 5.74) is 6.56. The summed E-state index contributed by atoms with van der Waals surface area (Å²) in [6.45, 7) is 12.7. The van der Waals surface area contributed by atoms with Crippen LogP contribution in [0.4, 0.5) is 0 Å². The molecule has 5 atom stereocenters. The largest absolute Gasteiger partial charge is 0.393 e.